The van der Waals surface area contributed by atoms with Crippen molar-refractivity contribution in [2.24, 2.45) is 0 Å². The lowest BCUT2D eigenvalue weighted by Crippen LogP contribution is -1.97. The summed E-state index contributed by atoms with van der Waals surface area (Å²) in [5.41, 5.74) is 16.5. The molecule has 4 heteroatoms. The minimum Gasteiger partial charge on any atom is -0.456 e. The van der Waals surface area contributed by atoms with Crippen molar-refractivity contribution in [1.82, 2.24) is 14.1 Å². The van der Waals surface area contributed by atoms with Gasteiger partial charge in [0.2, 0.25) is 0 Å². The topological polar surface area (TPSA) is 35.9 Å². The highest BCUT2D eigenvalue weighted by molar-refractivity contribution is 6.14. The fourth-order valence-electron chi connectivity index (χ4n) is 8.99. The molecule has 12 rings (SSSR count). The summed E-state index contributed by atoms with van der Waals surface area (Å²) in [6, 6.07) is 75.6. The zero-order chi connectivity index (χ0) is 38.9. The van der Waals surface area contributed by atoms with Crippen LogP contribution in [0.25, 0.3) is 111 Å². The van der Waals surface area contributed by atoms with E-state index in [1.54, 1.807) is 0 Å². The van der Waals surface area contributed by atoms with E-state index in [0.29, 0.717) is 0 Å². The summed E-state index contributed by atoms with van der Waals surface area (Å²) in [7, 11) is 0. The molecule has 0 aliphatic carbocycles. The molecule has 9 aromatic carbocycles. The maximum Gasteiger partial charge on any atom is 0.145 e. The number of aromatic nitrogens is 3. The van der Waals surface area contributed by atoms with E-state index in [4.69, 9.17) is 9.40 Å². The molecule has 0 fully saturated rings. The highest BCUT2D eigenvalue weighted by Gasteiger charge is 2.18. The maximum atomic E-state index is 6.49. The minimum atomic E-state index is 0.877. The van der Waals surface area contributed by atoms with Crippen LogP contribution in [0.3, 0.4) is 0 Å². The minimum absolute atomic E-state index is 0.877. The Kier molecular flexibility index (Phi) is 7.50. The smallest absolute Gasteiger partial charge is 0.145 e. The van der Waals surface area contributed by atoms with E-state index < -0.39 is 0 Å². The molecule has 0 unspecified atom stereocenters. The number of benzene rings is 9. The van der Waals surface area contributed by atoms with E-state index in [1.165, 1.54) is 32.9 Å². The summed E-state index contributed by atoms with van der Waals surface area (Å²) in [5, 5.41) is 4.71. The standard InChI is InChI=1S/C55H35N3O/c1-3-13-37(14-4-1)55-56-48-21-8-10-23-51(48)58(55)43-29-25-36(26-30-43)44-20-12-24-53-54(44)47-35-41(28-32-52(47)59-53)39-16-11-15-38(33-39)40-27-31-50-46(34-40)45-19-7-9-22-49(45)57(50)42-17-5-2-6-18-42/h1-35H. The normalized spacial score (nSPS) is 11.7. The molecule has 0 saturated heterocycles. The largest absolute Gasteiger partial charge is 0.456 e. The van der Waals surface area contributed by atoms with E-state index in [0.717, 1.165) is 78.0 Å². The number of nitrogens with zero attached hydrogens (tertiary/aromatic N) is 3. The van der Waals surface area contributed by atoms with Gasteiger partial charge in [0.25, 0.3) is 0 Å². The second-order valence-corrected chi connectivity index (χ2v) is 15.2. The fourth-order valence-corrected chi connectivity index (χ4v) is 8.99. The molecule has 276 valence electrons. The molecule has 0 atom stereocenters. The van der Waals surface area contributed by atoms with Crippen molar-refractivity contribution < 1.29 is 4.42 Å². The second kappa shape index (κ2) is 13.3. The molecule has 0 radical (unpaired) electrons. The average molecular weight is 754 g/mol. The van der Waals surface area contributed by atoms with E-state index in [2.05, 4.69) is 209 Å². The average Bonchev–Trinajstić information content (AvgIpc) is 3.99. The Morgan fingerprint density at radius 2 is 0.932 bits per heavy atom. The summed E-state index contributed by atoms with van der Waals surface area (Å²) in [4.78, 5) is 5.05. The number of fused-ring (bicyclic) bond motifs is 7. The molecule has 0 amide bonds. The zero-order valence-corrected chi connectivity index (χ0v) is 32.0. The first kappa shape index (κ1) is 33.2. The van der Waals surface area contributed by atoms with Gasteiger partial charge in [0.1, 0.15) is 17.0 Å². The molecule has 0 spiro atoms. The van der Waals surface area contributed by atoms with Crippen LogP contribution in [-0.2, 0) is 0 Å². The zero-order valence-electron chi connectivity index (χ0n) is 32.0. The van der Waals surface area contributed by atoms with E-state index >= 15 is 0 Å². The third-order valence-corrected chi connectivity index (χ3v) is 11.7. The highest BCUT2D eigenvalue weighted by atomic mass is 16.3. The van der Waals surface area contributed by atoms with Crippen LogP contribution in [0.5, 0.6) is 0 Å². The molecule has 0 bridgehead atoms. The van der Waals surface area contributed by atoms with Crippen molar-refractivity contribution in [2.75, 3.05) is 0 Å². The fraction of sp³-hybridized carbons (Fsp3) is 0. The van der Waals surface area contributed by atoms with Crippen molar-refractivity contribution in [3.8, 4) is 56.1 Å². The van der Waals surface area contributed by atoms with Crippen molar-refractivity contribution in [3.05, 3.63) is 212 Å². The van der Waals surface area contributed by atoms with Crippen LogP contribution in [-0.4, -0.2) is 14.1 Å². The van der Waals surface area contributed by atoms with Gasteiger partial charge in [-0.1, -0.05) is 133 Å². The van der Waals surface area contributed by atoms with E-state index in [1.807, 2.05) is 12.1 Å². The van der Waals surface area contributed by atoms with Gasteiger partial charge in [-0.3, -0.25) is 4.57 Å². The van der Waals surface area contributed by atoms with Gasteiger partial charge in [-0.2, -0.15) is 0 Å². The van der Waals surface area contributed by atoms with Gasteiger partial charge in [0.05, 0.1) is 22.1 Å². The molecule has 0 N–H and O–H groups in total. The highest BCUT2D eigenvalue weighted by Crippen LogP contribution is 2.40. The first-order valence-electron chi connectivity index (χ1n) is 20.0. The quantitative estimate of drug-likeness (QED) is 0.169. The van der Waals surface area contributed by atoms with Crippen LogP contribution in [0.2, 0.25) is 0 Å². The summed E-state index contributed by atoms with van der Waals surface area (Å²) in [6.07, 6.45) is 0. The van der Waals surface area contributed by atoms with Crippen molar-refractivity contribution in [3.63, 3.8) is 0 Å². The molecule has 59 heavy (non-hydrogen) atoms. The van der Waals surface area contributed by atoms with Gasteiger partial charge in [0, 0.05) is 38.5 Å². The summed E-state index contributed by atoms with van der Waals surface area (Å²) < 4.78 is 11.1. The van der Waals surface area contributed by atoms with Crippen LogP contribution < -0.4 is 0 Å². The first-order chi connectivity index (χ1) is 29.2. The van der Waals surface area contributed by atoms with Crippen LogP contribution >= 0.6 is 0 Å². The third-order valence-electron chi connectivity index (χ3n) is 11.7. The SMILES string of the molecule is c1ccc(-c2nc3ccccc3n2-c2ccc(-c3cccc4oc5ccc(-c6cccc(-c7ccc8c(c7)c7ccccc7n8-c7ccccc7)c6)cc5c34)cc2)cc1. The van der Waals surface area contributed by atoms with Gasteiger partial charge in [-0.15, -0.1) is 0 Å². The van der Waals surface area contributed by atoms with Crippen molar-refractivity contribution in [2.45, 2.75) is 0 Å². The maximum absolute atomic E-state index is 6.49. The van der Waals surface area contributed by atoms with Crippen LogP contribution in [0, 0.1) is 0 Å². The van der Waals surface area contributed by atoms with E-state index in [-0.39, 0.29) is 0 Å². The lowest BCUT2D eigenvalue weighted by molar-refractivity contribution is 0.669. The Bertz CT molecular complexity index is 3540. The molecular weight excluding hydrogens is 719 g/mol. The number of para-hydroxylation sites is 4. The second-order valence-electron chi connectivity index (χ2n) is 15.2. The van der Waals surface area contributed by atoms with Crippen LogP contribution in [0.1, 0.15) is 0 Å². The molecule has 0 aliphatic heterocycles. The van der Waals surface area contributed by atoms with Crippen LogP contribution in [0.4, 0.5) is 0 Å². The Hall–Kier alpha value is -7.95. The first-order valence-corrected chi connectivity index (χ1v) is 20.0. The lowest BCUT2D eigenvalue weighted by atomic mass is 9.95. The predicted octanol–water partition coefficient (Wildman–Crippen LogP) is 14.7. The van der Waals surface area contributed by atoms with Gasteiger partial charge in [0.15, 0.2) is 0 Å². The molecule has 3 heterocycles. The third kappa shape index (κ3) is 5.42. The number of furan rings is 1. The molecule has 0 saturated carbocycles. The van der Waals surface area contributed by atoms with Crippen molar-refractivity contribution in [1.29, 1.82) is 0 Å². The van der Waals surface area contributed by atoms with Gasteiger partial charge in [-0.05, 0) is 112 Å². The Morgan fingerprint density at radius 3 is 1.75 bits per heavy atom. The van der Waals surface area contributed by atoms with Crippen LogP contribution in [0.15, 0.2) is 217 Å². The van der Waals surface area contributed by atoms with Gasteiger partial charge < -0.3 is 8.98 Å². The predicted molar refractivity (Wildman–Crippen MR) is 244 cm³/mol. The number of hydrogen-bond donors (Lipinski definition) is 0. The van der Waals surface area contributed by atoms with E-state index in [9.17, 15) is 0 Å². The number of rotatable bonds is 6. The Labute approximate surface area is 340 Å². The van der Waals surface area contributed by atoms with Crippen molar-refractivity contribution >= 4 is 54.8 Å². The summed E-state index contributed by atoms with van der Waals surface area (Å²) in [6.45, 7) is 0. The molecule has 4 nitrogen and oxygen atoms in total. The lowest BCUT2D eigenvalue weighted by Gasteiger charge is -2.11. The van der Waals surface area contributed by atoms with Gasteiger partial charge >= 0.3 is 0 Å². The number of imidazole rings is 1. The molecule has 12 aromatic rings. The molecule has 0 aliphatic rings. The molecular formula is C55H35N3O. The Balaban J connectivity index is 0.932. The summed E-state index contributed by atoms with van der Waals surface area (Å²) in [5.74, 6) is 0.926. The number of hydrogen-bond acceptors (Lipinski definition) is 2. The molecule has 3 aromatic heterocycles. The summed E-state index contributed by atoms with van der Waals surface area (Å²) >= 11 is 0. The Morgan fingerprint density at radius 1 is 0.339 bits per heavy atom. The monoisotopic (exact) mass is 753 g/mol. The van der Waals surface area contributed by atoms with Gasteiger partial charge in [-0.25, -0.2) is 4.98 Å².